The van der Waals surface area contributed by atoms with Gasteiger partial charge >= 0.3 is 6.61 Å². The van der Waals surface area contributed by atoms with Crippen LogP contribution in [0.15, 0.2) is 48.8 Å². The van der Waals surface area contributed by atoms with Gasteiger partial charge in [-0.2, -0.15) is 8.78 Å². The Hall–Kier alpha value is -3.89. The molecular weight excluding hydrogens is 434 g/mol. The number of para-hydroxylation sites is 1. The Balaban J connectivity index is 1.43. The molecule has 0 saturated carbocycles. The van der Waals surface area contributed by atoms with Gasteiger partial charge in [-0.3, -0.25) is 9.59 Å². The number of hydrogen-bond donors (Lipinski definition) is 1. The van der Waals surface area contributed by atoms with Crippen molar-refractivity contribution in [3.05, 3.63) is 59.9 Å². The maximum atomic E-state index is 13.0. The predicted molar refractivity (Wildman–Crippen MR) is 114 cm³/mol. The number of anilines is 1. The summed E-state index contributed by atoms with van der Waals surface area (Å²) in [7, 11) is 0. The highest BCUT2D eigenvalue weighted by Crippen LogP contribution is 2.26. The van der Waals surface area contributed by atoms with E-state index in [1.54, 1.807) is 18.2 Å². The highest BCUT2D eigenvalue weighted by Gasteiger charge is 2.30. The van der Waals surface area contributed by atoms with E-state index in [-0.39, 0.29) is 23.8 Å². The number of tetrazole rings is 1. The van der Waals surface area contributed by atoms with E-state index in [9.17, 15) is 18.4 Å². The third kappa shape index (κ3) is 5.13. The second kappa shape index (κ2) is 9.72. The van der Waals surface area contributed by atoms with Crippen LogP contribution in [-0.4, -0.2) is 56.6 Å². The molecule has 0 radical (unpaired) electrons. The van der Waals surface area contributed by atoms with Gasteiger partial charge in [0, 0.05) is 18.8 Å². The summed E-state index contributed by atoms with van der Waals surface area (Å²) in [4.78, 5) is 27.4. The number of likely N-dealkylation sites (tertiary alicyclic amines) is 1. The molecule has 33 heavy (non-hydrogen) atoms. The number of nitrogens with one attached hydrogen (secondary N) is 1. The Bertz CT molecular complexity index is 1140. The molecule has 1 saturated heterocycles. The molecule has 1 fully saturated rings. The monoisotopic (exact) mass is 456 g/mol. The summed E-state index contributed by atoms with van der Waals surface area (Å²) in [6.07, 6.45) is 2.73. The van der Waals surface area contributed by atoms with Gasteiger partial charge < -0.3 is 15.0 Å². The molecule has 1 aromatic heterocycles. The fourth-order valence-electron chi connectivity index (χ4n) is 3.89. The zero-order valence-corrected chi connectivity index (χ0v) is 17.8. The van der Waals surface area contributed by atoms with Gasteiger partial charge in [-0.1, -0.05) is 12.1 Å². The van der Waals surface area contributed by atoms with Crippen LogP contribution >= 0.6 is 0 Å². The smallest absolute Gasteiger partial charge is 0.387 e. The van der Waals surface area contributed by atoms with Crippen molar-refractivity contribution in [3.8, 4) is 11.4 Å². The molecule has 9 nitrogen and oxygen atoms in total. The van der Waals surface area contributed by atoms with Gasteiger partial charge in [0.05, 0.1) is 17.2 Å². The number of amides is 2. The van der Waals surface area contributed by atoms with Crippen LogP contribution < -0.4 is 10.1 Å². The van der Waals surface area contributed by atoms with E-state index in [4.69, 9.17) is 0 Å². The van der Waals surface area contributed by atoms with E-state index in [2.05, 4.69) is 25.6 Å². The third-order valence-corrected chi connectivity index (χ3v) is 5.47. The molecule has 11 heteroatoms. The summed E-state index contributed by atoms with van der Waals surface area (Å²) in [6.45, 7) is -0.526. The molecule has 2 heterocycles. The molecular formula is C22H22F2N6O3. The molecule has 4 rings (SSSR count). The summed E-state index contributed by atoms with van der Waals surface area (Å²) >= 11 is 0. The number of aromatic nitrogens is 4. The Labute approximate surface area is 188 Å². The molecule has 0 bridgehead atoms. The van der Waals surface area contributed by atoms with E-state index in [0.717, 1.165) is 11.3 Å². The van der Waals surface area contributed by atoms with E-state index >= 15 is 0 Å². The fraction of sp³-hybridized carbons (Fsp3) is 0.318. The number of rotatable bonds is 6. The molecule has 3 aromatic rings. The Kier molecular flexibility index (Phi) is 6.57. The quantitative estimate of drug-likeness (QED) is 0.612. The van der Waals surface area contributed by atoms with Crippen molar-refractivity contribution in [1.29, 1.82) is 0 Å². The van der Waals surface area contributed by atoms with Gasteiger partial charge in [0.2, 0.25) is 5.91 Å². The zero-order chi connectivity index (χ0) is 23.4. The topological polar surface area (TPSA) is 102 Å². The van der Waals surface area contributed by atoms with Gasteiger partial charge in [0.25, 0.3) is 5.91 Å². The minimum absolute atomic E-state index is 0.0488. The minimum atomic E-state index is -3.03. The number of benzene rings is 2. The van der Waals surface area contributed by atoms with Crippen LogP contribution in [0.25, 0.3) is 5.69 Å². The molecule has 1 aliphatic heterocycles. The van der Waals surface area contributed by atoms with Crippen LogP contribution in [0.3, 0.4) is 0 Å². The summed E-state index contributed by atoms with van der Waals surface area (Å²) in [5.74, 6) is -1.25. The summed E-state index contributed by atoms with van der Waals surface area (Å²) < 4.78 is 31.4. The summed E-state index contributed by atoms with van der Waals surface area (Å²) in [5, 5.41) is 14.0. The molecule has 1 atom stereocenters. The number of aryl methyl sites for hydroxylation is 1. The second-order valence-electron chi connectivity index (χ2n) is 7.71. The van der Waals surface area contributed by atoms with Crippen LogP contribution in [0.1, 0.15) is 28.8 Å². The fourth-order valence-corrected chi connectivity index (χ4v) is 3.89. The number of alkyl halides is 2. The Morgan fingerprint density at radius 3 is 2.76 bits per heavy atom. The van der Waals surface area contributed by atoms with Crippen molar-refractivity contribution in [3.63, 3.8) is 0 Å². The van der Waals surface area contributed by atoms with Crippen molar-refractivity contribution in [1.82, 2.24) is 25.1 Å². The first-order valence-electron chi connectivity index (χ1n) is 10.4. The van der Waals surface area contributed by atoms with Gasteiger partial charge in [0.15, 0.2) is 0 Å². The molecule has 1 N–H and O–H groups in total. The second-order valence-corrected chi connectivity index (χ2v) is 7.71. The average Bonchev–Trinajstić information content (AvgIpc) is 3.33. The van der Waals surface area contributed by atoms with Gasteiger partial charge in [-0.15, -0.1) is 5.10 Å². The van der Waals surface area contributed by atoms with E-state index in [1.165, 1.54) is 34.1 Å². The number of halogens is 2. The maximum absolute atomic E-state index is 13.0. The van der Waals surface area contributed by atoms with Crippen LogP contribution in [0.5, 0.6) is 5.75 Å². The van der Waals surface area contributed by atoms with Gasteiger partial charge in [-0.05, 0) is 66.1 Å². The summed E-state index contributed by atoms with van der Waals surface area (Å²) in [5.41, 5.74) is 2.33. The third-order valence-electron chi connectivity index (χ3n) is 5.47. The number of carbonyl (C=O) groups excluding carboxylic acids is 2. The molecule has 0 spiro atoms. The van der Waals surface area contributed by atoms with E-state index in [0.29, 0.717) is 25.1 Å². The number of nitrogens with zero attached hydrogens (tertiary/aromatic N) is 5. The first-order valence-corrected chi connectivity index (χ1v) is 10.4. The highest BCUT2D eigenvalue weighted by atomic mass is 19.3. The SMILES string of the molecule is Cc1cc(NC(=O)C2CCCN(C(=O)c3ccccc3OC(F)F)C2)ccc1-n1cnnn1. The predicted octanol–water partition coefficient (Wildman–Crippen LogP) is 3.06. The van der Waals surface area contributed by atoms with E-state index < -0.39 is 18.4 Å². The first kappa shape index (κ1) is 22.3. The first-order chi connectivity index (χ1) is 15.9. The number of ether oxygens (including phenoxy) is 1. The lowest BCUT2D eigenvalue weighted by atomic mass is 9.96. The van der Waals surface area contributed by atoms with Crippen LogP contribution in [0, 0.1) is 12.8 Å². The van der Waals surface area contributed by atoms with Gasteiger partial charge in [-0.25, -0.2) is 4.68 Å². The minimum Gasteiger partial charge on any atom is -0.434 e. The van der Waals surface area contributed by atoms with Crippen molar-refractivity contribution in [2.75, 3.05) is 18.4 Å². The number of carbonyl (C=O) groups is 2. The summed E-state index contributed by atoms with van der Waals surface area (Å²) in [6, 6.07) is 11.3. The van der Waals surface area contributed by atoms with E-state index in [1.807, 2.05) is 13.0 Å². The van der Waals surface area contributed by atoms with Crippen molar-refractivity contribution in [2.24, 2.45) is 5.92 Å². The van der Waals surface area contributed by atoms with Crippen molar-refractivity contribution >= 4 is 17.5 Å². The van der Waals surface area contributed by atoms with Crippen molar-refractivity contribution < 1.29 is 23.1 Å². The van der Waals surface area contributed by atoms with Crippen LogP contribution in [0.4, 0.5) is 14.5 Å². The number of hydrogen-bond acceptors (Lipinski definition) is 6. The molecule has 2 aromatic carbocycles. The standard InChI is InChI=1S/C22H22F2N6O3/c1-14-11-16(8-9-18(14)30-13-25-27-28-30)26-20(31)15-5-4-10-29(12-15)21(32)17-6-2-3-7-19(17)33-22(23)24/h2-3,6-9,11,13,15,22H,4-5,10,12H2,1H3,(H,26,31). The molecule has 1 unspecified atom stereocenters. The lowest BCUT2D eigenvalue weighted by Gasteiger charge is -2.32. The highest BCUT2D eigenvalue weighted by molar-refractivity contribution is 5.98. The zero-order valence-electron chi connectivity index (χ0n) is 17.8. The Morgan fingerprint density at radius 2 is 2.03 bits per heavy atom. The number of piperidine rings is 1. The van der Waals surface area contributed by atoms with Crippen molar-refractivity contribution in [2.45, 2.75) is 26.4 Å². The van der Waals surface area contributed by atoms with Crippen LogP contribution in [0.2, 0.25) is 0 Å². The Morgan fingerprint density at radius 1 is 1.21 bits per heavy atom. The lowest BCUT2D eigenvalue weighted by molar-refractivity contribution is -0.121. The molecule has 1 aliphatic rings. The normalized spacial score (nSPS) is 16.0. The van der Waals surface area contributed by atoms with Gasteiger partial charge in [0.1, 0.15) is 12.1 Å². The average molecular weight is 456 g/mol. The molecule has 2 amide bonds. The lowest BCUT2D eigenvalue weighted by Crippen LogP contribution is -2.43. The largest absolute Gasteiger partial charge is 0.434 e. The molecule has 172 valence electrons. The van der Waals surface area contributed by atoms with Crippen LogP contribution in [-0.2, 0) is 4.79 Å². The maximum Gasteiger partial charge on any atom is 0.387 e. The molecule has 0 aliphatic carbocycles.